The summed E-state index contributed by atoms with van der Waals surface area (Å²) >= 11 is 1.70. The fraction of sp³-hybridized carbons (Fsp3) is 0.211. The summed E-state index contributed by atoms with van der Waals surface area (Å²) in [6.45, 7) is 1.95. The molecule has 0 bridgehead atoms. The van der Waals surface area contributed by atoms with Crippen molar-refractivity contribution in [1.29, 1.82) is 0 Å². The largest absolute Gasteiger partial charge is 0.494 e. The number of hydrogen-bond acceptors (Lipinski definition) is 3. The highest BCUT2D eigenvalue weighted by Gasteiger charge is 2.14. The van der Waals surface area contributed by atoms with Gasteiger partial charge in [-0.05, 0) is 53.9 Å². The van der Waals surface area contributed by atoms with Crippen molar-refractivity contribution in [3.63, 3.8) is 0 Å². The van der Waals surface area contributed by atoms with Crippen molar-refractivity contribution >= 4 is 27.3 Å². The van der Waals surface area contributed by atoms with Crippen molar-refractivity contribution in [2.24, 2.45) is 0 Å². The molecular weight excluding hydrogens is 325 g/mol. The van der Waals surface area contributed by atoms with Crippen LogP contribution >= 0.6 is 11.3 Å². The number of carbonyl (C=O) groups excluding carboxylic acids is 1. The summed E-state index contributed by atoms with van der Waals surface area (Å²) in [4.78, 5) is 12.3. The molecule has 1 N–H and O–H groups in total. The van der Waals surface area contributed by atoms with Gasteiger partial charge in [0, 0.05) is 16.3 Å². The lowest BCUT2D eigenvalue weighted by molar-refractivity contribution is 0.0939. The third-order valence-corrected chi connectivity index (χ3v) is 4.89. The van der Waals surface area contributed by atoms with Gasteiger partial charge < -0.3 is 10.1 Å². The van der Waals surface area contributed by atoms with E-state index < -0.39 is 5.82 Å². The predicted molar refractivity (Wildman–Crippen MR) is 95.4 cm³/mol. The molecule has 1 heterocycles. The molecule has 24 heavy (non-hydrogen) atoms. The maximum atomic E-state index is 13.7. The number of nitrogens with one attached hydrogen (secondary N) is 1. The van der Waals surface area contributed by atoms with E-state index in [1.807, 2.05) is 19.1 Å². The topological polar surface area (TPSA) is 38.3 Å². The molecule has 3 aromatic rings. The number of fused-ring (bicyclic) bond motifs is 1. The Morgan fingerprint density at radius 2 is 2.08 bits per heavy atom. The van der Waals surface area contributed by atoms with E-state index in [4.69, 9.17) is 4.74 Å². The number of benzene rings is 2. The number of rotatable bonds is 5. The van der Waals surface area contributed by atoms with Gasteiger partial charge in [-0.15, -0.1) is 11.3 Å². The molecule has 1 amide bonds. The molecule has 0 aliphatic heterocycles. The van der Waals surface area contributed by atoms with E-state index in [1.165, 1.54) is 34.9 Å². The second kappa shape index (κ2) is 7.01. The van der Waals surface area contributed by atoms with Crippen LogP contribution in [0.2, 0.25) is 0 Å². The van der Waals surface area contributed by atoms with E-state index in [2.05, 4.69) is 22.8 Å². The Bertz CT molecular complexity index is 875. The molecule has 0 radical (unpaired) electrons. The van der Waals surface area contributed by atoms with Crippen molar-refractivity contribution in [3.8, 4) is 5.75 Å². The van der Waals surface area contributed by atoms with Crippen molar-refractivity contribution in [2.45, 2.75) is 19.4 Å². The normalized spacial score (nSPS) is 12.1. The molecule has 3 nitrogen and oxygen atoms in total. The second-order valence-electron chi connectivity index (χ2n) is 5.69. The van der Waals surface area contributed by atoms with E-state index in [1.54, 1.807) is 17.4 Å². The third kappa shape index (κ3) is 3.41. The summed E-state index contributed by atoms with van der Waals surface area (Å²) in [5.74, 6) is -0.699. The van der Waals surface area contributed by atoms with Gasteiger partial charge in [-0.1, -0.05) is 18.2 Å². The summed E-state index contributed by atoms with van der Waals surface area (Å²) < 4.78 is 19.8. The average molecular weight is 343 g/mol. The minimum atomic E-state index is -0.540. The Kier molecular flexibility index (Phi) is 4.81. The summed E-state index contributed by atoms with van der Waals surface area (Å²) in [7, 11) is 1.39. The lowest BCUT2D eigenvalue weighted by Gasteiger charge is -2.14. The molecule has 3 rings (SSSR count). The van der Waals surface area contributed by atoms with Gasteiger partial charge in [0.1, 0.15) is 0 Å². The first kappa shape index (κ1) is 16.5. The number of hydrogen-bond donors (Lipinski definition) is 1. The monoisotopic (exact) mass is 343 g/mol. The molecule has 0 unspecified atom stereocenters. The Balaban J connectivity index is 1.69. The molecular formula is C19H18FNO2S. The number of ether oxygens (including phenoxy) is 1. The van der Waals surface area contributed by atoms with Crippen LogP contribution in [0.4, 0.5) is 4.39 Å². The van der Waals surface area contributed by atoms with Gasteiger partial charge in [0.05, 0.1) is 7.11 Å². The van der Waals surface area contributed by atoms with Crippen molar-refractivity contribution in [2.75, 3.05) is 7.11 Å². The zero-order valence-electron chi connectivity index (χ0n) is 13.5. The van der Waals surface area contributed by atoms with Gasteiger partial charge in [0.15, 0.2) is 11.6 Å². The van der Waals surface area contributed by atoms with Crippen LogP contribution in [0.5, 0.6) is 5.75 Å². The number of halogens is 1. The molecule has 0 aliphatic carbocycles. The fourth-order valence-electron chi connectivity index (χ4n) is 2.69. The van der Waals surface area contributed by atoms with Crippen LogP contribution in [0.1, 0.15) is 22.8 Å². The molecule has 1 atom stereocenters. The van der Waals surface area contributed by atoms with E-state index in [-0.39, 0.29) is 23.3 Å². The first-order valence-corrected chi connectivity index (χ1v) is 8.56. The molecule has 0 saturated heterocycles. The maximum absolute atomic E-state index is 13.7. The predicted octanol–water partition coefficient (Wildman–Crippen LogP) is 4.41. The number of methoxy groups -OCH3 is 1. The molecule has 5 heteroatoms. The molecule has 124 valence electrons. The van der Waals surface area contributed by atoms with Gasteiger partial charge in [-0.25, -0.2) is 4.39 Å². The van der Waals surface area contributed by atoms with E-state index in [0.29, 0.717) is 0 Å². The maximum Gasteiger partial charge on any atom is 0.251 e. The minimum absolute atomic E-state index is 0.0549. The molecule has 1 aromatic heterocycles. The van der Waals surface area contributed by atoms with Crippen LogP contribution < -0.4 is 10.1 Å². The van der Waals surface area contributed by atoms with Crippen molar-refractivity contribution < 1.29 is 13.9 Å². The second-order valence-corrected chi connectivity index (χ2v) is 6.60. The van der Waals surface area contributed by atoms with Crippen LogP contribution in [-0.2, 0) is 6.42 Å². The zero-order valence-corrected chi connectivity index (χ0v) is 14.3. The zero-order chi connectivity index (χ0) is 17.1. The van der Waals surface area contributed by atoms with Crippen LogP contribution in [0.15, 0.2) is 47.8 Å². The highest BCUT2D eigenvalue weighted by molar-refractivity contribution is 7.17. The van der Waals surface area contributed by atoms with Crippen LogP contribution in [0, 0.1) is 5.82 Å². The SMILES string of the molecule is COc1ccc(C(=O)N[C@@H](C)Cc2csc3ccccc23)cc1F. The summed E-state index contributed by atoms with van der Waals surface area (Å²) in [6, 6.07) is 12.4. The van der Waals surface area contributed by atoms with Gasteiger partial charge in [-0.3, -0.25) is 4.79 Å². The Morgan fingerprint density at radius 3 is 2.83 bits per heavy atom. The quantitative estimate of drug-likeness (QED) is 0.745. The fourth-order valence-corrected chi connectivity index (χ4v) is 3.66. The van der Waals surface area contributed by atoms with E-state index >= 15 is 0 Å². The lowest BCUT2D eigenvalue weighted by Crippen LogP contribution is -2.34. The summed E-state index contributed by atoms with van der Waals surface area (Å²) in [5, 5.41) is 6.27. The molecule has 0 fully saturated rings. The molecule has 2 aromatic carbocycles. The van der Waals surface area contributed by atoms with Gasteiger partial charge in [0.25, 0.3) is 5.91 Å². The van der Waals surface area contributed by atoms with Gasteiger partial charge in [0.2, 0.25) is 0 Å². The highest BCUT2D eigenvalue weighted by Crippen LogP contribution is 2.26. The highest BCUT2D eigenvalue weighted by atomic mass is 32.1. The van der Waals surface area contributed by atoms with Crippen LogP contribution in [0.25, 0.3) is 10.1 Å². The first-order valence-electron chi connectivity index (χ1n) is 7.68. The van der Waals surface area contributed by atoms with Crippen molar-refractivity contribution in [1.82, 2.24) is 5.32 Å². The van der Waals surface area contributed by atoms with Crippen LogP contribution in [0.3, 0.4) is 0 Å². The van der Waals surface area contributed by atoms with Gasteiger partial charge in [-0.2, -0.15) is 0 Å². The average Bonchev–Trinajstić information content (AvgIpc) is 2.97. The molecule has 0 aliphatic rings. The Morgan fingerprint density at radius 1 is 1.29 bits per heavy atom. The summed E-state index contributed by atoms with van der Waals surface area (Å²) in [6.07, 6.45) is 0.731. The molecule has 0 spiro atoms. The Labute approximate surface area is 144 Å². The standard InChI is InChI=1S/C19H18FNO2S/c1-12(9-14-11-24-18-6-4-3-5-15(14)18)21-19(22)13-7-8-17(23-2)16(20)10-13/h3-8,10-12H,9H2,1-2H3,(H,21,22)/t12-/m0/s1. The smallest absolute Gasteiger partial charge is 0.251 e. The molecule has 0 saturated carbocycles. The van der Waals surface area contributed by atoms with Gasteiger partial charge >= 0.3 is 0 Å². The van der Waals surface area contributed by atoms with Crippen LogP contribution in [-0.4, -0.2) is 19.1 Å². The first-order chi connectivity index (χ1) is 11.6. The number of thiophene rings is 1. The Hall–Kier alpha value is -2.40. The lowest BCUT2D eigenvalue weighted by atomic mass is 10.1. The minimum Gasteiger partial charge on any atom is -0.494 e. The number of carbonyl (C=O) groups is 1. The third-order valence-electron chi connectivity index (χ3n) is 3.88. The number of amides is 1. The van der Waals surface area contributed by atoms with E-state index in [0.717, 1.165) is 6.42 Å². The van der Waals surface area contributed by atoms with E-state index in [9.17, 15) is 9.18 Å². The summed E-state index contributed by atoms with van der Waals surface area (Å²) in [5.41, 5.74) is 1.50. The van der Waals surface area contributed by atoms with Crippen molar-refractivity contribution in [3.05, 3.63) is 64.8 Å².